The molecular weight excluding hydrogens is 178 g/mol. The molecule has 0 fully saturated rings. The van der Waals surface area contributed by atoms with E-state index in [1.807, 2.05) is 0 Å². The quantitative estimate of drug-likeness (QED) is 0.417. The molecule has 0 aliphatic carbocycles. The van der Waals surface area contributed by atoms with Crippen molar-refractivity contribution in [2.45, 2.75) is 12.8 Å². The van der Waals surface area contributed by atoms with Gasteiger partial charge in [0.25, 0.3) is 5.69 Å². The van der Waals surface area contributed by atoms with Crippen molar-refractivity contribution in [2.75, 3.05) is 0 Å². The topological polar surface area (TPSA) is 43.1 Å². The zero-order valence-corrected chi connectivity index (χ0v) is 8.06. The molecule has 0 aliphatic rings. The Morgan fingerprint density at radius 2 is 2.21 bits per heavy atom. The van der Waals surface area contributed by atoms with Gasteiger partial charge in [-0.3, -0.25) is 10.1 Å². The lowest BCUT2D eigenvalue weighted by Crippen LogP contribution is -2.00. The van der Waals surface area contributed by atoms with E-state index in [1.165, 1.54) is 0 Å². The summed E-state index contributed by atoms with van der Waals surface area (Å²) >= 11 is 0. The first kappa shape index (κ1) is 10.4. The first-order chi connectivity index (χ1) is 6.57. The number of nitro groups is 1. The van der Waals surface area contributed by atoms with E-state index in [1.54, 1.807) is 31.2 Å². The number of para-hydroxylation sites is 1. The first-order valence-corrected chi connectivity index (χ1v) is 4.27. The van der Waals surface area contributed by atoms with Crippen molar-refractivity contribution in [1.82, 2.24) is 0 Å². The summed E-state index contributed by atoms with van der Waals surface area (Å²) in [5.41, 5.74) is 1.42. The number of hydrogen-bond donors (Lipinski definition) is 0. The van der Waals surface area contributed by atoms with Gasteiger partial charge in [-0.15, -0.1) is 6.58 Å². The molecule has 73 valence electrons. The maximum atomic E-state index is 10.8. The number of allylic oxidation sites excluding steroid dienone is 1. The van der Waals surface area contributed by atoms with E-state index in [-0.39, 0.29) is 16.5 Å². The van der Waals surface area contributed by atoms with Crippen molar-refractivity contribution in [3.05, 3.63) is 59.0 Å². The maximum absolute atomic E-state index is 10.8. The molecule has 0 N–H and O–H groups in total. The molecular formula is C11H12NO2. The number of nitro benzene ring substituents is 1. The van der Waals surface area contributed by atoms with Crippen molar-refractivity contribution in [2.24, 2.45) is 0 Å². The fourth-order valence-electron chi connectivity index (χ4n) is 1.36. The van der Waals surface area contributed by atoms with Crippen LogP contribution in [0.25, 0.3) is 0 Å². The van der Waals surface area contributed by atoms with E-state index in [0.717, 1.165) is 0 Å². The molecule has 1 rings (SSSR count). The summed E-state index contributed by atoms with van der Waals surface area (Å²) in [4.78, 5) is 10.4. The van der Waals surface area contributed by atoms with Gasteiger partial charge in [-0.05, 0) is 13.8 Å². The summed E-state index contributed by atoms with van der Waals surface area (Å²) in [5.74, 6) is -0.240. The summed E-state index contributed by atoms with van der Waals surface area (Å²) in [6, 6.07) is 5.22. The minimum Gasteiger partial charge on any atom is -0.258 e. The van der Waals surface area contributed by atoms with Crippen LogP contribution in [0, 0.1) is 24.0 Å². The molecule has 1 radical (unpaired) electrons. The van der Waals surface area contributed by atoms with E-state index in [9.17, 15) is 10.1 Å². The maximum Gasteiger partial charge on any atom is 0.276 e. The van der Waals surface area contributed by atoms with Gasteiger partial charge in [-0.25, -0.2) is 0 Å². The average Bonchev–Trinajstić information content (AvgIpc) is 2.15. The van der Waals surface area contributed by atoms with Gasteiger partial charge in [0.1, 0.15) is 0 Å². The summed E-state index contributed by atoms with van der Waals surface area (Å²) in [5, 5.41) is 10.8. The van der Waals surface area contributed by atoms with Crippen LogP contribution in [0.15, 0.2) is 30.9 Å². The highest BCUT2D eigenvalue weighted by Crippen LogP contribution is 2.29. The largest absolute Gasteiger partial charge is 0.276 e. The van der Waals surface area contributed by atoms with Gasteiger partial charge in [-0.2, -0.15) is 0 Å². The highest BCUT2D eigenvalue weighted by Gasteiger charge is 2.19. The van der Waals surface area contributed by atoms with E-state index in [0.29, 0.717) is 11.1 Å². The Morgan fingerprint density at radius 1 is 1.57 bits per heavy atom. The Bertz CT molecular complexity index is 372. The Balaban J connectivity index is 3.35. The lowest BCUT2D eigenvalue weighted by molar-refractivity contribution is -0.386. The van der Waals surface area contributed by atoms with Gasteiger partial charge in [0.05, 0.1) is 4.92 Å². The Hall–Kier alpha value is -1.64. The molecule has 0 heterocycles. The van der Waals surface area contributed by atoms with E-state index < -0.39 is 0 Å². The summed E-state index contributed by atoms with van der Waals surface area (Å²) in [7, 11) is 0. The Kier molecular flexibility index (Phi) is 3.02. The van der Waals surface area contributed by atoms with Gasteiger partial charge in [0, 0.05) is 17.0 Å². The van der Waals surface area contributed by atoms with Crippen LogP contribution in [0.4, 0.5) is 5.69 Å². The second-order valence-electron chi connectivity index (χ2n) is 3.11. The molecule has 3 nitrogen and oxygen atoms in total. The van der Waals surface area contributed by atoms with E-state index in [4.69, 9.17) is 0 Å². The molecule has 14 heavy (non-hydrogen) atoms. The van der Waals surface area contributed by atoms with Gasteiger partial charge < -0.3 is 0 Å². The van der Waals surface area contributed by atoms with Crippen LogP contribution in [0.1, 0.15) is 17.0 Å². The molecule has 0 aromatic heterocycles. The van der Waals surface area contributed by atoms with Crippen LogP contribution < -0.4 is 0 Å². The van der Waals surface area contributed by atoms with Crippen LogP contribution in [0.2, 0.25) is 0 Å². The molecule has 0 spiro atoms. The third-order valence-corrected chi connectivity index (χ3v) is 2.14. The third-order valence-electron chi connectivity index (χ3n) is 2.14. The minimum absolute atomic E-state index is 0.146. The standard InChI is InChI=1S/C11H12NO2/c1-4-8(2)10-7-5-6-9(3)11(10)12(13)14/h4-8H,1-2H2,3H3. The van der Waals surface area contributed by atoms with Crippen molar-refractivity contribution in [1.29, 1.82) is 0 Å². The summed E-state index contributed by atoms with van der Waals surface area (Å²) < 4.78 is 0. The molecule has 1 unspecified atom stereocenters. The third kappa shape index (κ3) is 1.82. The van der Waals surface area contributed by atoms with Crippen LogP contribution in [0.5, 0.6) is 0 Å². The monoisotopic (exact) mass is 190 g/mol. The first-order valence-electron chi connectivity index (χ1n) is 4.27. The van der Waals surface area contributed by atoms with Crippen LogP contribution in [0.3, 0.4) is 0 Å². The molecule has 0 bridgehead atoms. The zero-order chi connectivity index (χ0) is 10.7. The number of hydrogen-bond acceptors (Lipinski definition) is 2. The van der Waals surface area contributed by atoms with Gasteiger partial charge >= 0.3 is 0 Å². The van der Waals surface area contributed by atoms with Crippen molar-refractivity contribution < 1.29 is 4.92 Å². The Morgan fingerprint density at radius 3 is 2.71 bits per heavy atom. The zero-order valence-electron chi connectivity index (χ0n) is 8.06. The molecule has 0 saturated carbocycles. The van der Waals surface area contributed by atoms with Crippen molar-refractivity contribution >= 4 is 5.69 Å². The molecule has 1 aromatic carbocycles. The normalized spacial score (nSPS) is 12.1. The van der Waals surface area contributed by atoms with Crippen LogP contribution >= 0.6 is 0 Å². The molecule has 3 heteroatoms. The smallest absolute Gasteiger partial charge is 0.258 e. The summed E-state index contributed by atoms with van der Waals surface area (Å²) in [6.07, 6.45) is 1.60. The summed E-state index contributed by atoms with van der Waals surface area (Å²) in [6.45, 7) is 9.09. The minimum atomic E-state index is -0.369. The second-order valence-corrected chi connectivity index (χ2v) is 3.11. The van der Waals surface area contributed by atoms with E-state index in [2.05, 4.69) is 13.5 Å². The molecule has 0 saturated heterocycles. The molecule has 0 aliphatic heterocycles. The number of benzene rings is 1. The van der Waals surface area contributed by atoms with Gasteiger partial charge in [0.15, 0.2) is 0 Å². The Labute approximate surface area is 83.2 Å². The predicted molar refractivity (Wildman–Crippen MR) is 56.1 cm³/mol. The van der Waals surface area contributed by atoms with Gasteiger partial charge in [0.2, 0.25) is 0 Å². The van der Waals surface area contributed by atoms with Crippen molar-refractivity contribution in [3.8, 4) is 0 Å². The number of aryl methyl sites for hydroxylation is 1. The lowest BCUT2D eigenvalue weighted by atomic mass is 9.97. The average molecular weight is 190 g/mol. The molecule has 1 aromatic rings. The van der Waals surface area contributed by atoms with Gasteiger partial charge in [-0.1, -0.05) is 24.3 Å². The molecule has 1 atom stereocenters. The van der Waals surface area contributed by atoms with Crippen LogP contribution in [-0.2, 0) is 0 Å². The molecule has 0 amide bonds. The number of rotatable bonds is 3. The SMILES string of the molecule is [CH2]C(C=C)c1cccc(C)c1[N+](=O)[O-]. The lowest BCUT2D eigenvalue weighted by Gasteiger charge is -2.08. The fraction of sp³-hybridized carbons (Fsp3) is 0.182. The fourth-order valence-corrected chi connectivity index (χ4v) is 1.36. The van der Waals surface area contributed by atoms with Crippen LogP contribution in [-0.4, -0.2) is 4.92 Å². The number of nitrogens with zero attached hydrogens (tertiary/aromatic N) is 1. The highest BCUT2D eigenvalue weighted by atomic mass is 16.6. The van der Waals surface area contributed by atoms with E-state index >= 15 is 0 Å². The second kappa shape index (κ2) is 4.05. The predicted octanol–water partition coefficient (Wildman–Crippen LogP) is 3.01. The van der Waals surface area contributed by atoms with Crippen molar-refractivity contribution in [3.63, 3.8) is 0 Å². The highest BCUT2D eigenvalue weighted by molar-refractivity contribution is 5.50.